The average molecular weight is 212 g/mol. The third-order valence-electron chi connectivity index (χ3n) is 4.38. The Bertz CT molecular complexity index is 189. The molecule has 0 aromatic rings. The molecule has 0 radical (unpaired) electrons. The Morgan fingerprint density at radius 3 is 2.53 bits per heavy atom. The van der Waals surface area contributed by atoms with Crippen molar-refractivity contribution in [2.45, 2.75) is 65.8 Å². The summed E-state index contributed by atoms with van der Waals surface area (Å²) < 4.78 is 0. The third-order valence-corrected chi connectivity index (χ3v) is 4.38. The largest absolute Gasteiger partial charge is 0.271 e. The van der Waals surface area contributed by atoms with E-state index < -0.39 is 0 Å². The molecule has 0 saturated heterocycles. The molecule has 3 unspecified atom stereocenters. The summed E-state index contributed by atoms with van der Waals surface area (Å²) in [6.07, 6.45) is 6.66. The molecule has 0 aromatic heterocycles. The molecule has 2 heteroatoms. The van der Waals surface area contributed by atoms with Crippen molar-refractivity contribution in [1.82, 2.24) is 5.43 Å². The van der Waals surface area contributed by atoms with Crippen LogP contribution in [0.15, 0.2) is 0 Å². The molecule has 0 aromatic carbocycles. The Morgan fingerprint density at radius 2 is 2.07 bits per heavy atom. The van der Waals surface area contributed by atoms with Crippen LogP contribution >= 0.6 is 0 Å². The maximum absolute atomic E-state index is 5.76. The zero-order valence-corrected chi connectivity index (χ0v) is 10.8. The molecule has 0 spiro atoms. The lowest BCUT2D eigenvalue weighted by Gasteiger charge is -2.41. The zero-order chi connectivity index (χ0) is 11.5. The van der Waals surface area contributed by atoms with E-state index in [1.165, 1.54) is 32.1 Å². The van der Waals surface area contributed by atoms with Crippen molar-refractivity contribution >= 4 is 0 Å². The molecule has 0 heterocycles. The van der Waals surface area contributed by atoms with Gasteiger partial charge in [-0.05, 0) is 36.5 Å². The van der Waals surface area contributed by atoms with Crippen molar-refractivity contribution in [3.8, 4) is 0 Å². The number of hydrogen-bond acceptors (Lipinski definition) is 2. The number of nitrogens with two attached hydrogens (primary N) is 1. The lowest BCUT2D eigenvalue weighted by molar-refractivity contribution is 0.121. The summed E-state index contributed by atoms with van der Waals surface area (Å²) in [5.41, 5.74) is 3.40. The molecule has 3 atom stereocenters. The smallest absolute Gasteiger partial charge is 0.0289 e. The second-order valence-corrected chi connectivity index (χ2v) is 6.02. The minimum atomic E-state index is 0.316. The van der Waals surface area contributed by atoms with E-state index in [9.17, 15) is 0 Å². The van der Waals surface area contributed by atoms with Gasteiger partial charge >= 0.3 is 0 Å². The third kappa shape index (κ3) is 3.18. The van der Waals surface area contributed by atoms with Gasteiger partial charge in [0.1, 0.15) is 0 Å². The second kappa shape index (κ2) is 5.31. The normalized spacial score (nSPS) is 30.2. The fourth-order valence-electron chi connectivity index (χ4n) is 3.00. The summed E-state index contributed by atoms with van der Waals surface area (Å²) in [4.78, 5) is 0. The first-order valence-electron chi connectivity index (χ1n) is 6.47. The van der Waals surface area contributed by atoms with E-state index >= 15 is 0 Å². The second-order valence-electron chi connectivity index (χ2n) is 6.02. The summed E-state index contributed by atoms with van der Waals surface area (Å²) in [5, 5.41) is 0. The van der Waals surface area contributed by atoms with Gasteiger partial charge in [-0.3, -0.25) is 11.3 Å². The summed E-state index contributed by atoms with van der Waals surface area (Å²) >= 11 is 0. The van der Waals surface area contributed by atoms with Gasteiger partial charge in [0.2, 0.25) is 0 Å². The number of hydrogen-bond donors (Lipinski definition) is 2. The number of hydrazine groups is 1. The molecule has 2 nitrogen and oxygen atoms in total. The molecule has 1 fully saturated rings. The van der Waals surface area contributed by atoms with E-state index in [0.717, 1.165) is 11.8 Å². The van der Waals surface area contributed by atoms with Crippen molar-refractivity contribution in [1.29, 1.82) is 0 Å². The molecular formula is C13H28N2. The van der Waals surface area contributed by atoms with Gasteiger partial charge in [-0.2, -0.15) is 0 Å². The summed E-state index contributed by atoms with van der Waals surface area (Å²) in [7, 11) is 0. The molecule has 0 amide bonds. The first-order chi connectivity index (χ1) is 7.01. The summed E-state index contributed by atoms with van der Waals surface area (Å²) in [6, 6.07) is 0.477. The lowest BCUT2D eigenvalue weighted by Crippen LogP contribution is -2.51. The van der Waals surface area contributed by atoms with Gasteiger partial charge in [0.05, 0.1) is 0 Å². The van der Waals surface area contributed by atoms with E-state index in [1.807, 2.05) is 0 Å². The molecule has 0 bridgehead atoms. The van der Waals surface area contributed by atoms with Crippen molar-refractivity contribution in [2.75, 3.05) is 0 Å². The van der Waals surface area contributed by atoms with Crippen LogP contribution in [-0.4, -0.2) is 6.04 Å². The van der Waals surface area contributed by atoms with Crippen molar-refractivity contribution in [3.05, 3.63) is 0 Å². The highest BCUT2D eigenvalue weighted by Gasteiger charge is 2.35. The predicted molar refractivity (Wildman–Crippen MR) is 66.3 cm³/mol. The Morgan fingerprint density at radius 1 is 1.40 bits per heavy atom. The van der Waals surface area contributed by atoms with Crippen LogP contribution in [-0.2, 0) is 0 Å². The van der Waals surface area contributed by atoms with Crippen LogP contribution in [0, 0.1) is 17.3 Å². The monoisotopic (exact) mass is 212 g/mol. The van der Waals surface area contributed by atoms with E-state index in [2.05, 4.69) is 33.1 Å². The van der Waals surface area contributed by atoms with E-state index in [1.54, 1.807) is 0 Å². The van der Waals surface area contributed by atoms with E-state index in [4.69, 9.17) is 5.84 Å². The van der Waals surface area contributed by atoms with Crippen LogP contribution in [0.2, 0.25) is 0 Å². The molecule has 1 rings (SSSR count). The standard InChI is InChI=1S/C13H28N2/c1-5-13(3,4)12(15-14)11-8-6-7-10(2)9-11/h10-12,15H,5-9,14H2,1-4H3. The van der Waals surface area contributed by atoms with Gasteiger partial charge in [-0.1, -0.05) is 40.5 Å². The SMILES string of the molecule is CCC(C)(C)C(NN)C1CCCC(C)C1. The van der Waals surface area contributed by atoms with Crippen molar-refractivity contribution in [2.24, 2.45) is 23.1 Å². The van der Waals surface area contributed by atoms with Gasteiger partial charge in [-0.25, -0.2) is 0 Å². The van der Waals surface area contributed by atoms with Crippen LogP contribution in [0.1, 0.15) is 59.8 Å². The zero-order valence-electron chi connectivity index (χ0n) is 10.8. The lowest BCUT2D eigenvalue weighted by atomic mass is 9.69. The highest BCUT2D eigenvalue weighted by Crippen LogP contribution is 2.38. The van der Waals surface area contributed by atoms with Crippen LogP contribution in [0.5, 0.6) is 0 Å². The highest BCUT2D eigenvalue weighted by atomic mass is 15.2. The van der Waals surface area contributed by atoms with E-state index in [-0.39, 0.29) is 0 Å². The number of rotatable bonds is 4. The number of nitrogens with one attached hydrogen (secondary N) is 1. The molecule has 1 saturated carbocycles. The summed E-state index contributed by atoms with van der Waals surface area (Å²) in [6.45, 7) is 9.29. The maximum Gasteiger partial charge on any atom is 0.0289 e. The molecule has 15 heavy (non-hydrogen) atoms. The Labute approximate surface area is 95.0 Å². The average Bonchev–Trinajstić information content (AvgIpc) is 2.18. The molecule has 3 N–H and O–H groups in total. The topological polar surface area (TPSA) is 38.0 Å². The Kier molecular flexibility index (Phi) is 4.60. The van der Waals surface area contributed by atoms with Crippen LogP contribution in [0.25, 0.3) is 0 Å². The van der Waals surface area contributed by atoms with Gasteiger partial charge in [0.25, 0.3) is 0 Å². The van der Waals surface area contributed by atoms with Gasteiger partial charge in [0, 0.05) is 6.04 Å². The first kappa shape index (κ1) is 13.0. The first-order valence-corrected chi connectivity index (χ1v) is 6.47. The fraction of sp³-hybridized carbons (Fsp3) is 1.00. The molecule has 1 aliphatic carbocycles. The Hall–Kier alpha value is -0.0800. The highest BCUT2D eigenvalue weighted by molar-refractivity contribution is 4.89. The van der Waals surface area contributed by atoms with Gasteiger partial charge in [-0.15, -0.1) is 0 Å². The molecular weight excluding hydrogens is 184 g/mol. The fourth-order valence-corrected chi connectivity index (χ4v) is 3.00. The van der Waals surface area contributed by atoms with Crippen LogP contribution < -0.4 is 11.3 Å². The van der Waals surface area contributed by atoms with Gasteiger partial charge < -0.3 is 0 Å². The Balaban J connectivity index is 2.65. The van der Waals surface area contributed by atoms with Crippen LogP contribution in [0.3, 0.4) is 0 Å². The quantitative estimate of drug-likeness (QED) is 0.555. The minimum absolute atomic E-state index is 0.316. The van der Waals surface area contributed by atoms with Crippen molar-refractivity contribution < 1.29 is 0 Å². The van der Waals surface area contributed by atoms with Crippen molar-refractivity contribution in [3.63, 3.8) is 0 Å². The minimum Gasteiger partial charge on any atom is -0.271 e. The molecule has 90 valence electrons. The maximum atomic E-state index is 5.76. The van der Waals surface area contributed by atoms with E-state index in [0.29, 0.717) is 11.5 Å². The molecule has 0 aliphatic heterocycles. The summed E-state index contributed by atoms with van der Waals surface area (Å²) in [5.74, 6) is 7.41. The van der Waals surface area contributed by atoms with Gasteiger partial charge in [0.15, 0.2) is 0 Å². The molecule has 1 aliphatic rings. The van der Waals surface area contributed by atoms with Crippen LogP contribution in [0.4, 0.5) is 0 Å². The predicted octanol–water partition coefficient (Wildman–Crippen LogP) is 3.08.